The number of thioether (sulfide) groups is 1. The fourth-order valence-electron chi connectivity index (χ4n) is 5.59. The summed E-state index contributed by atoms with van der Waals surface area (Å²) in [4.78, 5) is 17.7. The van der Waals surface area contributed by atoms with Crippen LogP contribution in [-0.2, 0) is 4.79 Å². The van der Waals surface area contributed by atoms with E-state index in [1.54, 1.807) is 0 Å². The fourth-order valence-corrected chi connectivity index (χ4v) is 6.98. The van der Waals surface area contributed by atoms with Crippen LogP contribution in [0.5, 0.6) is 0 Å². The molecule has 0 bridgehead atoms. The van der Waals surface area contributed by atoms with Crippen molar-refractivity contribution < 1.29 is 4.79 Å². The van der Waals surface area contributed by atoms with Crippen LogP contribution in [0.25, 0.3) is 0 Å². The molecule has 0 spiro atoms. The first-order chi connectivity index (χ1) is 14.9. The maximum atomic E-state index is 13.2. The van der Waals surface area contributed by atoms with Gasteiger partial charge in [0.05, 0.1) is 0 Å². The second-order valence-electron chi connectivity index (χ2n) is 9.90. The van der Waals surface area contributed by atoms with E-state index in [1.165, 1.54) is 43.2 Å². The minimum Gasteiger partial charge on any atom is -0.341 e. The fraction of sp³-hybridized carbons (Fsp3) is 0.654. The van der Waals surface area contributed by atoms with Crippen LogP contribution in [0.2, 0.25) is 5.02 Å². The second-order valence-corrected chi connectivity index (χ2v) is 11.4. The summed E-state index contributed by atoms with van der Waals surface area (Å²) in [5, 5.41) is 3.36. The largest absolute Gasteiger partial charge is 0.341 e. The number of hydrogen-bond acceptors (Lipinski definition) is 3. The molecule has 1 aliphatic carbocycles. The molecule has 1 saturated heterocycles. The van der Waals surface area contributed by atoms with Crippen LogP contribution in [0.15, 0.2) is 29.7 Å². The number of carbonyl (C=O) groups is 1. The molecule has 0 N–H and O–H groups in total. The highest BCUT2D eigenvalue weighted by molar-refractivity contribution is 8.02. The number of nitrogens with zero attached hydrogens (tertiary/aromatic N) is 2. The number of benzene rings is 1. The first-order valence-corrected chi connectivity index (χ1v) is 13.4. The summed E-state index contributed by atoms with van der Waals surface area (Å²) < 4.78 is 0. The minimum absolute atomic E-state index is 0.256. The summed E-state index contributed by atoms with van der Waals surface area (Å²) in [6.45, 7) is 6.58. The van der Waals surface area contributed by atoms with Crippen molar-refractivity contribution in [3.8, 4) is 0 Å². The van der Waals surface area contributed by atoms with E-state index in [1.807, 2.05) is 29.8 Å². The van der Waals surface area contributed by atoms with Gasteiger partial charge in [-0.15, -0.1) is 11.8 Å². The van der Waals surface area contributed by atoms with Crippen molar-refractivity contribution in [2.75, 3.05) is 20.1 Å². The number of amides is 1. The van der Waals surface area contributed by atoms with Gasteiger partial charge in [0.1, 0.15) is 0 Å². The molecule has 1 aromatic rings. The van der Waals surface area contributed by atoms with E-state index < -0.39 is 0 Å². The lowest BCUT2D eigenvalue weighted by atomic mass is 9.80. The third-order valence-corrected chi connectivity index (χ3v) is 9.06. The molecule has 2 fully saturated rings. The van der Waals surface area contributed by atoms with Crippen molar-refractivity contribution >= 4 is 29.3 Å². The Bertz CT molecular complexity index is 805. The molecule has 5 heteroatoms. The third-order valence-electron chi connectivity index (χ3n) is 7.62. The third kappa shape index (κ3) is 5.34. The van der Waals surface area contributed by atoms with Gasteiger partial charge in [-0.3, -0.25) is 9.69 Å². The zero-order valence-corrected chi connectivity index (χ0v) is 20.8. The summed E-state index contributed by atoms with van der Waals surface area (Å²) in [5.41, 5.74) is 2.83. The first-order valence-electron chi connectivity index (χ1n) is 12.0. The maximum absolute atomic E-state index is 13.2. The van der Waals surface area contributed by atoms with Gasteiger partial charge in [0, 0.05) is 54.8 Å². The molecule has 4 rings (SSSR count). The van der Waals surface area contributed by atoms with Crippen LogP contribution >= 0.6 is 23.4 Å². The Morgan fingerprint density at radius 1 is 1.19 bits per heavy atom. The van der Waals surface area contributed by atoms with Crippen LogP contribution in [0.1, 0.15) is 81.1 Å². The normalized spacial score (nSPS) is 27.3. The molecule has 2 heterocycles. The van der Waals surface area contributed by atoms with Crippen molar-refractivity contribution in [1.82, 2.24) is 9.80 Å². The lowest BCUT2D eigenvalue weighted by Crippen LogP contribution is -2.40. The van der Waals surface area contributed by atoms with E-state index in [0.717, 1.165) is 24.5 Å². The SMILES string of the molecule is CC(C)N1CCC(N(C)C(=O)CC2C=CSC2c2ccc(Cl)cc2C2CCCCC2)C1. The van der Waals surface area contributed by atoms with Crippen molar-refractivity contribution in [3.05, 3.63) is 45.8 Å². The summed E-state index contributed by atoms with van der Waals surface area (Å²) in [5.74, 6) is 1.15. The lowest BCUT2D eigenvalue weighted by Gasteiger charge is -2.30. The van der Waals surface area contributed by atoms with Crippen LogP contribution in [0, 0.1) is 5.92 Å². The summed E-state index contributed by atoms with van der Waals surface area (Å²) in [6, 6.07) is 7.37. The number of rotatable bonds is 6. The molecular formula is C26H37ClN2OS. The molecule has 0 aromatic heterocycles. The van der Waals surface area contributed by atoms with E-state index in [0.29, 0.717) is 29.7 Å². The number of likely N-dealkylation sites (N-methyl/N-ethyl adjacent to an activating group) is 1. The van der Waals surface area contributed by atoms with Crippen LogP contribution in [0.4, 0.5) is 0 Å². The van der Waals surface area contributed by atoms with Crippen molar-refractivity contribution in [2.24, 2.45) is 5.92 Å². The van der Waals surface area contributed by atoms with E-state index in [2.05, 4.69) is 42.4 Å². The van der Waals surface area contributed by atoms with Crippen LogP contribution < -0.4 is 0 Å². The predicted octanol–water partition coefficient (Wildman–Crippen LogP) is 6.64. The number of likely N-dealkylation sites (tertiary alicyclic amines) is 1. The Hall–Kier alpha value is -0.970. The highest BCUT2D eigenvalue weighted by atomic mass is 35.5. The van der Waals surface area contributed by atoms with Gasteiger partial charge >= 0.3 is 0 Å². The highest BCUT2D eigenvalue weighted by Gasteiger charge is 2.34. The number of halogens is 1. The summed E-state index contributed by atoms with van der Waals surface area (Å²) >= 11 is 8.30. The maximum Gasteiger partial charge on any atom is 0.223 e. The number of carbonyl (C=O) groups excluding carboxylic acids is 1. The Morgan fingerprint density at radius 3 is 2.68 bits per heavy atom. The Morgan fingerprint density at radius 2 is 1.97 bits per heavy atom. The van der Waals surface area contributed by atoms with Gasteiger partial charge in [-0.25, -0.2) is 0 Å². The quantitative estimate of drug-likeness (QED) is 0.475. The number of allylic oxidation sites excluding steroid dienone is 1. The molecular weight excluding hydrogens is 424 g/mol. The molecule has 170 valence electrons. The smallest absolute Gasteiger partial charge is 0.223 e. The molecule has 3 aliphatic rings. The van der Waals surface area contributed by atoms with Crippen LogP contribution in [0.3, 0.4) is 0 Å². The molecule has 1 saturated carbocycles. The van der Waals surface area contributed by atoms with Crippen molar-refractivity contribution in [2.45, 2.75) is 82.0 Å². The monoisotopic (exact) mass is 460 g/mol. The Balaban J connectivity index is 1.46. The standard InChI is InChI=1S/C26H37ClN2OS/c1-18(2)29-13-11-22(17-29)28(3)25(30)15-20-12-14-31-26(20)23-10-9-21(27)16-24(23)19-7-5-4-6-8-19/h9-10,12,14,16,18-20,22,26H,4-8,11,13,15,17H2,1-3H3. The molecule has 1 amide bonds. The zero-order chi connectivity index (χ0) is 22.0. The molecule has 1 aromatic carbocycles. The number of hydrogen-bond donors (Lipinski definition) is 0. The van der Waals surface area contributed by atoms with E-state index in [-0.39, 0.29) is 11.8 Å². The summed E-state index contributed by atoms with van der Waals surface area (Å²) in [6.07, 6.45) is 10.4. The second kappa shape index (κ2) is 10.3. The highest BCUT2D eigenvalue weighted by Crippen LogP contribution is 2.48. The van der Waals surface area contributed by atoms with Gasteiger partial charge in [0.2, 0.25) is 5.91 Å². The predicted molar refractivity (Wildman–Crippen MR) is 133 cm³/mol. The van der Waals surface area contributed by atoms with E-state index in [4.69, 9.17) is 11.6 Å². The van der Waals surface area contributed by atoms with Gasteiger partial charge in [-0.05, 0) is 67.7 Å². The Labute approximate surface area is 197 Å². The average Bonchev–Trinajstić information content (AvgIpc) is 3.44. The molecule has 0 radical (unpaired) electrons. The van der Waals surface area contributed by atoms with Crippen molar-refractivity contribution in [1.29, 1.82) is 0 Å². The molecule has 3 unspecified atom stereocenters. The van der Waals surface area contributed by atoms with Gasteiger partial charge < -0.3 is 4.90 Å². The molecule has 31 heavy (non-hydrogen) atoms. The molecule has 2 aliphatic heterocycles. The average molecular weight is 461 g/mol. The zero-order valence-electron chi connectivity index (χ0n) is 19.2. The Kier molecular flexibility index (Phi) is 7.72. The van der Waals surface area contributed by atoms with Gasteiger partial charge in [0.15, 0.2) is 0 Å². The molecule has 3 atom stereocenters. The van der Waals surface area contributed by atoms with Crippen LogP contribution in [-0.4, -0.2) is 47.9 Å². The molecule has 3 nitrogen and oxygen atoms in total. The van der Waals surface area contributed by atoms with Gasteiger partial charge in [-0.2, -0.15) is 0 Å². The van der Waals surface area contributed by atoms with Crippen molar-refractivity contribution in [3.63, 3.8) is 0 Å². The van der Waals surface area contributed by atoms with E-state index in [9.17, 15) is 4.79 Å². The van der Waals surface area contributed by atoms with Gasteiger partial charge in [0.25, 0.3) is 0 Å². The minimum atomic E-state index is 0.256. The lowest BCUT2D eigenvalue weighted by molar-refractivity contribution is -0.132. The first kappa shape index (κ1) is 23.2. The van der Waals surface area contributed by atoms with E-state index >= 15 is 0 Å². The summed E-state index contributed by atoms with van der Waals surface area (Å²) in [7, 11) is 2.01. The topological polar surface area (TPSA) is 23.6 Å². The van der Waals surface area contributed by atoms with Gasteiger partial charge in [-0.1, -0.05) is 43.0 Å².